The normalized spacial score (nSPS) is 11.4. The quantitative estimate of drug-likeness (QED) is 0.679. The molecule has 0 atom stereocenters. The lowest BCUT2D eigenvalue weighted by Crippen LogP contribution is -2.36. The largest absolute Gasteiger partial charge is 0.396 e. The molecule has 0 aliphatic heterocycles. The third-order valence-corrected chi connectivity index (χ3v) is 2.67. The summed E-state index contributed by atoms with van der Waals surface area (Å²) in [6, 6.07) is 2.01. The molecule has 0 aliphatic rings. The Kier molecular flexibility index (Phi) is 4.55. The smallest absolute Gasteiger partial charge is 0.220 e. The molecule has 1 heterocycles. The van der Waals surface area contributed by atoms with Crippen molar-refractivity contribution in [2.24, 2.45) is 0 Å². The molecule has 0 radical (unpaired) electrons. The summed E-state index contributed by atoms with van der Waals surface area (Å²) in [5.74, 6) is -0.00217. The van der Waals surface area contributed by atoms with Crippen molar-refractivity contribution in [2.75, 3.05) is 13.2 Å². The van der Waals surface area contributed by atoms with E-state index in [1.54, 1.807) is 0 Å². The lowest BCUT2D eigenvalue weighted by molar-refractivity contribution is -0.121. The highest BCUT2D eigenvalue weighted by molar-refractivity contribution is 5.75. The minimum absolute atomic E-state index is 0.00217. The Balaban J connectivity index is 2.39. The van der Waals surface area contributed by atoms with Gasteiger partial charge in [0.05, 0.1) is 0 Å². The molecule has 4 nitrogen and oxygen atoms in total. The molecule has 0 aliphatic carbocycles. The van der Waals surface area contributed by atoms with E-state index in [0.29, 0.717) is 19.4 Å². The third kappa shape index (κ3) is 3.70. The number of rotatable bonds is 6. The van der Waals surface area contributed by atoms with Crippen LogP contribution in [0.2, 0.25) is 0 Å². The van der Waals surface area contributed by atoms with Gasteiger partial charge >= 0.3 is 0 Å². The maximum atomic E-state index is 11.4. The molecule has 90 valence electrons. The summed E-state index contributed by atoms with van der Waals surface area (Å²) in [4.78, 5) is 14.4. The number of hydrogen-bond acceptors (Lipinski definition) is 2. The second kappa shape index (κ2) is 5.70. The van der Waals surface area contributed by atoms with Crippen LogP contribution in [0.3, 0.4) is 0 Å². The molecule has 0 saturated heterocycles. The number of carbonyl (C=O) groups is 1. The van der Waals surface area contributed by atoms with Gasteiger partial charge in [0.1, 0.15) is 0 Å². The number of hydrogen-bond donors (Lipinski definition) is 3. The van der Waals surface area contributed by atoms with Crippen LogP contribution >= 0.6 is 0 Å². The van der Waals surface area contributed by atoms with E-state index in [2.05, 4.69) is 24.1 Å². The van der Waals surface area contributed by atoms with Crippen molar-refractivity contribution in [1.29, 1.82) is 0 Å². The van der Waals surface area contributed by atoms with Crippen molar-refractivity contribution < 1.29 is 9.90 Å². The van der Waals surface area contributed by atoms with Crippen LogP contribution in [0.25, 0.3) is 0 Å². The molecule has 1 amide bonds. The van der Waals surface area contributed by atoms with Gasteiger partial charge in [0.25, 0.3) is 0 Å². The van der Waals surface area contributed by atoms with Gasteiger partial charge in [-0.2, -0.15) is 0 Å². The Morgan fingerprint density at radius 3 is 2.88 bits per heavy atom. The molecule has 0 spiro atoms. The minimum atomic E-state index is -0.0745. The maximum Gasteiger partial charge on any atom is 0.220 e. The van der Waals surface area contributed by atoms with Crippen molar-refractivity contribution in [3.63, 3.8) is 0 Å². The Bertz CT molecular complexity index is 318. The number of aliphatic hydroxyl groups excluding tert-OH is 1. The van der Waals surface area contributed by atoms with Crippen molar-refractivity contribution in [1.82, 2.24) is 10.3 Å². The summed E-state index contributed by atoms with van der Waals surface area (Å²) in [5, 5.41) is 11.5. The van der Waals surface area contributed by atoms with Gasteiger partial charge in [0, 0.05) is 37.4 Å². The fourth-order valence-electron chi connectivity index (χ4n) is 1.49. The highest BCUT2D eigenvalue weighted by atomic mass is 16.3. The van der Waals surface area contributed by atoms with E-state index in [9.17, 15) is 4.79 Å². The molecular weight excluding hydrogens is 204 g/mol. The van der Waals surface area contributed by atoms with Crippen LogP contribution in [-0.2, 0) is 10.2 Å². The first-order valence-corrected chi connectivity index (χ1v) is 5.57. The summed E-state index contributed by atoms with van der Waals surface area (Å²) in [5.41, 5.74) is 1.10. The summed E-state index contributed by atoms with van der Waals surface area (Å²) >= 11 is 0. The Morgan fingerprint density at radius 1 is 1.56 bits per heavy atom. The number of aromatic nitrogens is 1. The predicted octanol–water partition coefficient (Wildman–Crippen LogP) is 1.18. The molecule has 0 fully saturated rings. The molecule has 1 rings (SSSR count). The average molecular weight is 224 g/mol. The Morgan fingerprint density at radius 2 is 2.31 bits per heavy atom. The second-order valence-corrected chi connectivity index (χ2v) is 4.59. The number of amides is 1. The van der Waals surface area contributed by atoms with Gasteiger partial charge in [-0.3, -0.25) is 4.79 Å². The Labute approximate surface area is 96.1 Å². The van der Waals surface area contributed by atoms with E-state index in [1.807, 2.05) is 18.5 Å². The van der Waals surface area contributed by atoms with Crippen LogP contribution in [0, 0.1) is 0 Å². The van der Waals surface area contributed by atoms with Crippen molar-refractivity contribution in [3.8, 4) is 0 Å². The van der Waals surface area contributed by atoms with Gasteiger partial charge in [-0.15, -0.1) is 0 Å². The van der Waals surface area contributed by atoms with Gasteiger partial charge in [0.15, 0.2) is 0 Å². The zero-order valence-corrected chi connectivity index (χ0v) is 9.92. The predicted molar refractivity (Wildman–Crippen MR) is 63.1 cm³/mol. The number of aromatic amines is 1. The van der Waals surface area contributed by atoms with Gasteiger partial charge in [0.2, 0.25) is 5.91 Å². The summed E-state index contributed by atoms with van der Waals surface area (Å²) in [7, 11) is 0. The first-order chi connectivity index (χ1) is 7.56. The van der Waals surface area contributed by atoms with Crippen LogP contribution < -0.4 is 5.32 Å². The van der Waals surface area contributed by atoms with Crippen LogP contribution in [0.1, 0.15) is 32.3 Å². The van der Waals surface area contributed by atoms with Crippen LogP contribution in [0.4, 0.5) is 0 Å². The molecule has 3 N–H and O–H groups in total. The number of H-pyrrole nitrogens is 1. The SMILES string of the molecule is CC(C)(CNC(=O)CCCO)c1cc[nH]c1. The van der Waals surface area contributed by atoms with Gasteiger partial charge in [-0.25, -0.2) is 0 Å². The number of aliphatic hydroxyl groups is 1. The molecule has 16 heavy (non-hydrogen) atoms. The molecule has 0 bridgehead atoms. The first-order valence-electron chi connectivity index (χ1n) is 5.57. The highest BCUT2D eigenvalue weighted by Gasteiger charge is 2.21. The zero-order valence-electron chi connectivity index (χ0n) is 9.92. The Hall–Kier alpha value is -1.29. The van der Waals surface area contributed by atoms with Gasteiger partial charge in [-0.1, -0.05) is 13.8 Å². The third-order valence-electron chi connectivity index (χ3n) is 2.67. The van der Waals surface area contributed by atoms with Crippen LogP contribution in [0.15, 0.2) is 18.5 Å². The van der Waals surface area contributed by atoms with E-state index in [1.165, 1.54) is 5.56 Å². The standard InChI is InChI=1S/C12H20N2O2/c1-12(2,10-5-6-13-8-10)9-14-11(16)4-3-7-15/h5-6,8,13,15H,3-4,7,9H2,1-2H3,(H,14,16). The fraction of sp³-hybridized carbons (Fsp3) is 0.583. The summed E-state index contributed by atoms with van der Waals surface area (Å²) < 4.78 is 0. The summed E-state index contributed by atoms with van der Waals surface area (Å²) in [6.07, 6.45) is 4.74. The van der Waals surface area contributed by atoms with Crippen molar-refractivity contribution in [2.45, 2.75) is 32.1 Å². The summed E-state index contributed by atoms with van der Waals surface area (Å²) in [6.45, 7) is 4.84. The van der Waals surface area contributed by atoms with E-state index >= 15 is 0 Å². The first kappa shape index (κ1) is 12.8. The highest BCUT2D eigenvalue weighted by Crippen LogP contribution is 2.21. The van der Waals surface area contributed by atoms with Crippen molar-refractivity contribution in [3.05, 3.63) is 24.0 Å². The fourth-order valence-corrected chi connectivity index (χ4v) is 1.49. The number of nitrogens with one attached hydrogen (secondary N) is 2. The van der Waals surface area contributed by atoms with Gasteiger partial charge < -0.3 is 15.4 Å². The van der Waals surface area contributed by atoms with Crippen LogP contribution in [0.5, 0.6) is 0 Å². The molecular formula is C12H20N2O2. The molecule has 4 heteroatoms. The molecule has 0 aromatic carbocycles. The zero-order chi connectivity index (χ0) is 12.0. The second-order valence-electron chi connectivity index (χ2n) is 4.59. The molecule has 1 aromatic rings. The minimum Gasteiger partial charge on any atom is -0.396 e. The van der Waals surface area contributed by atoms with Crippen LogP contribution in [-0.4, -0.2) is 29.1 Å². The number of carbonyl (C=O) groups excluding carboxylic acids is 1. The topological polar surface area (TPSA) is 65.1 Å². The lowest BCUT2D eigenvalue weighted by Gasteiger charge is -2.24. The van der Waals surface area contributed by atoms with E-state index < -0.39 is 0 Å². The van der Waals surface area contributed by atoms with E-state index in [4.69, 9.17) is 5.11 Å². The molecule has 0 saturated carbocycles. The average Bonchev–Trinajstić information content (AvgIpc) is 2.77. The van der Waals surface area contributed by atoms with Gasteiger partial charge in [-0.05, 0) is 18.1 Å². The van der Waals surface area contributed by atoms with Crippen molar-refractivity contribution >= 4 is 5.91 Å². The molecule has 0 unspecified atom stereocenters. The molecule has 1 aromatic heterocycles. The van der Waals surface area contributed by atoms with E-state index in [-0.39, 0.29) is 17.9 Å². The lowest BCUT2D eigenvalue weighted by atomic mass is 9.86. The van der Waals surface area contributed by atoms with E-state index in [0.717, 1.165) is 0 Å². The maximum absolute atomic E-state index is 11.4. The monoisotopic (exact) mass is 224 g/mol.